The molecule has 8 heteroatoms. The first kappa shape index (κ1) is 16.1. The van der Waals surface area contributed by atoms with Crippen molar-refractivity contribution in [1.29, 1.82) is 10.8 Å². The molecule has 7 nitrogen and oxygen atoms in total. The minimum atomic E-state index is 0.124. The first-order chi connectivity index (χ1) is 11.6. The molecule has 0 unspecified atom stereocenters. The Morgan fingerprint density at radius 2 is 2.17 bits per heavy atom. The summed E-state index contributed by atoms with van der Waals surface area (Å²) in [6, 6.07) is 9.28. The molecule has 2 aromatic rings. The van der Waals surface area contributed by atoms with Gasteiger partial charge in [-0.05, 0) is 42.7 Å². The van der Waals surface area contributed by atoms with Crippen molar-refractivity contribution in [2.24, 2.45) is 5.11 Å². The van der Waals surface area contributed by atoms with Crippen LogP contribution in [0.1, 0.15) is 24.0 Å². The van der Waals surface area contributed by atoms with Crippen molar-refractivity contribution in [3.05, 3.63) is 35.4 Å². The summed E-state index contributed by atoms with van der Waals surface area (Å²) < 4.78 is 5.78. The lowest BCUT2D eigenvalue weighted by atomic mass is 10.1. The van der Waals surface area contributed by atoms with Gasteiger partial charge >= 0.3 is 0 Å². The molecule has 1 saturated carbocycles. The van der Waals surface area contributed by atoms with Gasteiger partial charge in [0.1, 0.15) is 17.3 Å². The van der Waals surface area contributed by atoms with Crippen LogP contribution in [0.4, 0.5) is 17.3 Å². The van der Waals surface area contributed by atoms with E-state index in [9.17, 15) is 5.26 Å². The smallest absolute Gasteiger partial charge is 0.154 e. The molecule has 1 aromatic carbocycles. The summed E-state index contributed by atoms with van der Waals surface area (Å²) in [5.74, 6) is 1.68. The van der Waals surface area contributed by atoms with Crippen LogP contribution >= 0.6 is 11.8 Å². The average Bonchev–Trinajstić information content (AvgIpc) is 3.36. The summed E-state index contributed by atoms with van der Waals surface area (Å²) in [6.45, 7) is 0. The highest BCUT2D eigenvalue weighted by atomic mass is 32.2. The molecular weight excluding hydrogens is 324 g/mol. The van der Waals surface area contributed by atoms with Gasteiger partial charge in [-0.3, -0.25) is 0 Å². The lowest BCUT2D eigenvalue weighted by Gasteiger charge is -2.10. The highest BCUT2D eigenvalue weighted by Gasteiger charge is 2.23. The number of anilines is 2. The fourth-order valence-corrected chi connectivity index (χ4v) is 3.22. The van der Waals surface area contributed by atoms with Gasteiger partial charge in [0.05, 0.1) is 17.7 Å². The third-order valence-electron chi connectivity index (χ3n) is 3.52. The Labute approximate surface area is 143 Å². The highest BCUT2D eigenvalue weighted by molar-refractivity contribution is 7.98. The van der Waals surface area contributed by atoms with E-state index in [2.05, 4.69) is 16.2 Å². The zero-order chi connectivity index (χ0) is 17.1. The maximum absolute atomic E-state index is 9.29. The standard InChI is InChI=1S/C16H16N6OS/c17-7-9-1-2-12(23-11-3-4-11)5-10(9)8-24-13-6-14(18)21-16(19)15(13)22-20/h1-2,5-6,11,20H,3-4,8H2,(H4,18,19,21). The molecule has 0 amide bonds. The van der Waals surface area contributed by atoms with Gasteiger partial charge in [-0.1, -0.05) is 0 Å². The molecule has 5 N–H and O–H groups in total. The Morgan fingerprint density at radius 1 is 1.38 bits per heavy atom. The van der Waals surface area contributed by atoms with Crippen LogP contribution in [0.2, 0.25) is 0 Å². The van der Waals surface area contributed by atoms with Gasteiger partial charge in [0.15, 0.2) is 5.82 Å². The molecular formula is C16H16N6OS. The van der Waals surface area contributed by atoms with E-state index in [-0.39, 0.29) is 17.3 Å². The molecule has 1 aliphatic carbocycles. The number of nitrogens with zero attached hydrogens (tertiary/aromatic N) is 3. The minimum Gasteiger partial charge on any atom is -0.490 e. The fourth-order valence-electron chi connectivity index (χ4n) is 2.18. The number of ether oxygens (including phenoxy) is 1. The first-order valence-electron chi connectivity index (χ1n) is 7.36. The van der Waals surface area contributed by atoms with E-state index in [0.717, 1.165) is 24.2 Å². The number of nitriles is 1. The van der Waals surface area contributed by atoms with Crippen molar-refractivity contribution < 1.29 is 4.74 Å². The molecule has 0 spiro atoms. The van der Waals surface area contributed by atoms with Crippen LogP contribution in [-0.2, 0) is 5.75 Å². The monoisotopic (exact) mass is 340 g/mol. The molecule has 122 valence electrons. The van der Waals surface area contributed by atoms with Gasteiger partial charge in [-0.2, -0.15) is 10.4 Å². The van der Waals surface area contributed by atoms with Crippen molar-refractivity contribution in [2.75, 3.05) is 11.5 Å². The number of nitrogens with one attached hydrogen (secondary N) is 1. The number of benzene rings is 1. The van der Waals surface area contributed by atoms with Gasteiger partial charge < -0.3 is 16.2 Å². The van der Waals surface area contributed by atoms with Crippen LogP contribution in [-0.4, -0.2) is 11.1 Å². The Bertz CT molecular complexity index is 828. The maximum atomic E-state index is 9.29. The number of hydrogen-bond donors (Lipinski definition) is 3. The van der Waals surface area contributed by atoms with Crippen molar-refractivity contribution >= 4 is 29.1 Å². The molecule has 1 heterocycles. The second-order valence-electron chi connectivity index (χ2n) is 5.43. The number of aromatic nitrogens is 1. The molecule has 3 rings (SSSR count). The molecule has 0 aliphatic heterocycles. The third kappa shape index (κ3) is 3.58. The molecule has 0 bridgehead atoms. The fraction of sp³-hybridized carbons (Fsp3) is 0.250. The third-order valence-corrected chi connectivity index (χ3v) is 4.60. The van der Waals surface area contributed by atoms with Gasteiger partial charge in [-0.25, -0.2) is 10.5 Å². The van der Waals surface area contributed by atoms with Crippen LogP contribution in [0.15, 0.2) is 34.3 Å². The minimum absolute atomic E-state index is 0.124. The number of pyridine rings is 1. The number of nitrogen functional groups attached to an aromatic ring is 2. The van der Waals surface area contributed by atoms with Crippen LogP contribution in [0.5, 0.6) is 5.75 Å². The Hall–Kier alpha value is -2.79. The number of nitrogens with two attached hydrogens (primary N) is 2. The predicted octanol–water partition coefficient (Wildman–Crippen LogP) is 3.61. The van der Waals surface area contributed by atoms with Gasteiger partial charge in [0.2, 0.25) is 0 Å². The van der Waals surface area contributed by atoms with Crippen LogP contribution in [0.3, 0.4) is 0 Å². The Kier molecular flexibility index (Phi) is 4.53. The zero-order valence-corrected chi connectivity index (χ0v) is 13.6. The van der Waals surface area contributed by atoms with Crippen molar-refractivity contribution in [1.82, 2.24) is 4.98 Å². The lowest BCUT2D eigenvalue weighted by Crippen LogP contribution is -1.99. The van der Waals surface area contributed by atoms with Crippen LogP contribution < -0.4 is 16.2 Å². The maximum Gasteiger partial charge on any atom is 0.154 e. The number of hydrogen-bond acceptors (Lipinski definition) is 8. The van der Waals surface area contributed by atoms with Crippen molar-refractivity contribution in [3.8, 4) is 11.8 Å². The van der Waals surface area contributed by atoms with Crippen LogP contribution in [0.25, 0.3) is 0 Å². The summed E-state index contributed by atoms with van der Waals surface area (Å²) in [7, 11) is 0. The molecule has 1 aliphatic rings. The number of rotatable bonds is 6. The van der Waals surface area contributed by atoms with E-state index in [0.29, 0.717) is 22.3 Å². The zero-order valence-electron chi connectivity index (χ0n) is 12.8. The predicted molar refractivity (Wildman–Crippen MR) is 92.2 cm³/mol. The van der Waals surface area contributed by atoms with Gasteiger partial charge in [0, 0.05) is 10.6 Å². The molecule has 0 saturated heterocycles. The Morgan fingerprint density at radius 3 is 2.83 bits per heavy atom. The second-order valence-corrected chi connectivity index (χ2v) is 6.44. The Balaban J connectivity index is 1.83. The van der Waals surface area contributed by atoms with Gasteiger partial charge in [0.25, 0.3) is 0 Å². The summed E-state index contributed by atoms with van der Waals surface area (Å²) in [5.41, 5.74) is 20.5. The van der Waals surface area contributed by atoms with Crippen molar-refractivity contribution in [3.63, 3.8) is 0 Å². The summed E-state index contributed by atoms with van der Waals surface area (Å²) in [6.07, 6.45) is 2.45. The van der Waals surface area contributed by atoms with E-state index in [1.165, 1.54) is 11.8 Å². The van der Waals surface area contributed by atoms with E-state index in [1.54, 1.807) is 12.1 Å². The summed E-state index contributed by atoms with van der Waals surface area (Å²) in [4.78, 5) is 4.56. The van der Waals surface area contributed by atoms with Crippen molar-refractivity contribution in [2.45, 2.75) is 29.6 Å². The average molecular weight is 340 g/mol. The topological polar surface area (TPSA) is 134 Å². The largest absolute Gasteiger partial charge is 0.490 e. The molecule has 1 fully saturated rings. The molecule has 0 radical (unpaired) electrons. The molecule has 24 heavy (non-hydrogen) atoms. The SMILES string of the molecule is N#Cc1ccc(OC2CC2)cc1CSc1cc(N)nc(N)c1N=N. The quantitative estimate of drug-likeness (QED) is 0.543. The summed E-state index contributed by atoms with van der Waals surface area (Å²) in [5, 5.41) is 12.7. The molecule has 0 atom stereocenters. The van der Waals surface area contributed by atoms with Gasteiger partial charge in [-0.15, -0.1) is 11.8 Å². The highest BCUT2D eigenvalue weighted by Crippen LogP contribution is 2.37. The second kappa shape index (κ2) is 6.76. The van der Waals surface area contributed by atoms with E-state index >= 15 is 0 Å². The molecule has 1 aromatic heterocycles. The first-order valence-corrected chi connectivity index (χ1v) is 8.35. The normalized spacial score (nSPS) is 13.3. The van der Waals surface area contributed by atoms with E-state index < -0.39 is 0 Å². The van der Waals surface area contributed by atoms with E-state index in [4.69, 9.17) is 21.7 Å². The van der Waals surface area contributed by atoms with Crippen LogP contribution in [0, 0.1) is 16.9 Å². The summed E-state index contributed by atoms with van der Waals surface area (Å²) >= 11 is 1.41. The van der Waals surface area contributed by atoms with E-state index in [1.807, 2.05) is 12.1 Å². The number of thioether (sulfide) groups is 1. The lowest BCUT2D eigenvalue weighted by molar-refractivity contribution is 0.303.